The minimum atomic E-state index is -3.87. The summed E-state index contributed by atoms with van der Waals surface area (Å²) in [4.78, 5) is 10.0. The van der Waals surface area contributed by atoms with Crippen LogP contribution in [0.4, 0.5) is 5.69 Å². The van der Waals surface area contributed by atoms with Gasteiger partial charge in [0.2, 0.25) is 10.0 Å². The van der Waals surface area contributed by atoms with Crippen LogP contribution in [-0.4, -0.2) is 30.2 Å². The lowest BCUT2D eigenvalue weighted by Gasteiger charge is -2.32. The van der Waals surface area contributed by atoms with Crippen molar-refractivity contribution >= 4 is 27.3 Å². The molecule has 0 unspecified atom stereocenters. The first-order chi connectivity index (χ1) is 9.34. The van der Waals surface area contributed by atoms with Crippen LogP contribution in [0.5, 0.6) is 0 Å². The van der Waals surface area contributed by atoms with Crippen molar-refractivity contribution in [2.45, 2.75) is 37.1 Å². The fraction of sp³-hybridized carbons (Fsp3) is 0.500. The van der Waals surface area contributed by atoms with Crippen molar-refractivity contribution in [3.63, 3.8) is 0 Å². The second-order valence-corrected chi connectivity index (χ2v) is 7.13. The molecule has 1 aromatic rings. The molecule has 0 saturated carbocycles. The van der Waals surface area contributed by atoms with Gasteiger partial charge in [-0.3, -0.25) is 10.1 Å². The molecule has 1 atom stereocenters. The van der Waals surface area contributed by atoms with E-state index in [4.69, 9.17) is 11.6 Å². The monoisotopic (exact) mass is 318 g/mol. The highest BCUT2D eigenvalue weighted by Gasteiger charge is 2.35. The van der Waals surface area contributed by atoms with E-state index in [2.05, 4.69) is 0 Å². The summed E-state index contributed by atoms with van der Waals surface area (Å²) in [7, 11) is -3.87. The maximum absolute atomic E-state index is 12.6. The summed E-state index contributed by atoms with van der Waals surface area (Å²) in [5.41, 5.74) is -0.477. The lowest BCUT2D eigenvalue weighted by atomic mass is 10.1. The number of sulfonamides is 1. The summed E-state index contributed by atoms with van der Waals surface area (Å²) in [5.74, 6) is 0. The summed E-state index contributed by atoms with van der Waals surface area (Å²) in [6.45, 7) is 2.21. The first kappa shape index (κ1) is 15.2. The van der Waals surface area contributed by atoms with E-state index in [0.717, 1.165) is 25.3 Å². The molecule has 20 heavy (non-hydrogen) atoms. The Morgan fingerprint density at radius 2 is 2.10 bits per heavy atom. The van der Waals surface area contributed by atoms with Crippen molar-refractivity contribution in [1.29, 1.82) is 0 Å². The van der Waals surface area contributed by atoms with E-state index < -0.39 is 20.6 Å². The van der Waals surface area contributed by atoms with Crippen LogP contribution < -0.4 is 0 Å². The highest BCUT2D eigenvalue weighted by molar-refractivity contribution is 7.89. The summed E-state index contributed by atoms with van der Waals surface area (Å²) >= 11 is 5.71. The molecule has 0 aliphatic carbocycles. The zero-order valence-corrected chi connectivity index (χ0v) is 12.5. The number of nitro benzene ring substituents is 1. The maximum Gasteiger partial charge on any atom is 0.290 e. The van der Waals surface area contributed by atoms with Crippen LogP contribution in [0, 0.1) is 10.1 Å². The minimum Gasteiger partial charge on any atom is -0.258 e. The molecular formula is C12H15ClN2O4S. The van der Waals surface area contributed by atoms with Crippen LogP contribution in [0.15, 0.2) is 23.1 Å². The van der Waals surface area contributed by atoms with Crippen LogP contribution in [0.2, 0.25) is 5.02 Å². The molecule has 1 aliphatic rings. The number of rotatable bonds is 3. The highest BCUT2D eigenvalue weighted by atomic mass is 35.5. The van der Waals surface area contributed by atoms with E-state index in [-0.39, 0.29) is 16.0 Å². The Labute approximate surface area is 122 Å². The largest absolute Gasteiger partial charge is 0.290 e. The number of nitro groups is 1. The molecule has 1 aromatic carbocycles. The van der Waals surface area contributed by atoms with Crippen LogP contribution >= 0.6 is 11.6 Å². The summed E-state index contributed by atoms with van der Waals surface area (Å²) in [5, 5.41) is 11.2. The quantitative estimate of drug-likeness (QED) is 0.634. The molecule has 1 heterocycles. The molecule has 0 radical (unpaired) electrons. The van der Waals surface area contributed by atoms with Gasteiger partial charge in [0.05, 0.1) is 4.92 Å². The van der Waals surface area contributed by atoms with Gasteiger partial charge in [0.25, 0.3) is 5.69 Å². The molecule has 6 nitrogen and oxygen atoms in total. The van der Waals surface area contributed by atoms with Crippen molar-refractivity contribution in [2.24, 2.45) is 0 Å². The topological polar surface area (TPSA) is 80.5 Å². The molecule has 0 aromatic heterocycles. The Hall–Kier alpha value is -1.18. The van der Waals surface area contributed by atoms with Gasteiger partial charge in [-0.25, -0.2) is 8.42 Å². The molecule has 2 rings (SSSR count). The van der Waals surface area contributed by atoms with Gasteiger partial charge in [-0.2, -0.15) is 4.31 Å². The second kappa shape index (κ2) is 5.67. The molecule has 0 spiro atoms. The third-order valence-corrected chi connectivity index (χ3v) is 5.74. The number of piperidine rings is 1. The Kier molecular flexibility index (Phi) is 4.31. The lowest BCUT2D eigenvalue weighted by Crippen LogP contribution is -2.42. The van der Waals surface area contributed by atoms with Gasteiger partial charge < -0.3 is 0 Å². The van der Waals surface area contributed by atoms with Gasteiger partial charge in [-0.15, -0.1) is 0 Å². The predicted molar refractivity (Wildman–Crippen MR) is 75.3 cm³/mol. The molecule has 110 valence electrons. The standard InChI is InChI=1S/C12H15ClN2O4S/c1-9-4-2-3-7-14(9)20(18,19)12-6-5-10(13)8-11(12)15(16)17/h5-6,8-9H,2-4,7H2,1H3/t9-/m1/s1. The zero-order chi connectivity index (χ0) is 14.9. The zero-order valence-electron chi connectivity index (χ0n) is 11.0. The van der Waals surface area contributed by atoms with Crippen molar-refractivity contribution in [3.8, 4) is 0 Å². The molecule has 1 aliphatic heterocycles. The van der Waals surface area contributed by atoms with Crippen LogP contribution in [0.25, 0.3) is 0 Å². The lowest BCUT2D eigenvalue weighted by molar-refractivity contribution is -0.387. The van der Waals surface area contributed by atoms with Gasteiger partial charge in [-0.1, -0.05) is 18.0 Å². The molecule has 0 bridgehead atoms. The van der Waals surface area contributed by atoms with E-state index in [0.29, 0.717) is 6.54 Å². The maximum atomic E-state index is 12.6. The molecule has 0 N–H and O–H groups in total. The summed E-state index contributed by atoms with van der Waals surface area (Å²) in [6, 6.07) is 3.49. The third kappa shape index (κ3) is 2.79. The average molecular weight is 319 g/mol. The molecule has 1 fully saturated rings. The van der Waals surface area contributed by atoms with Gasteiger partial charge in [0.15, 0.2) is 4.90 Å². The fourth-order valence-electron chi connectivity index (χ4n) is 2.41. The van der Waals surface area contributed by atoms with Crippen molar-refractivity contribution < 1.29 is 13.3 Å². The van der Waals surface area contributed by atoms with Crippen molar-refractivity contribution in [3.05, 3.63) is 33.3 Å². The van der Waals surface area contributed by atoms with Crippen LogP contribution in [0.3, 0.4) is 0 Å². The molecule has 1 saturated heterocycles. The van der Waals surface area contributed by atoms with Crippen molar-refractivity contribution in [2.75, 3.05) is 6.54 Å². The average Bonchev–Trinajstić information content (AvgIpc) is 2.38. The van der Waals surface area contributed by atoms with E-state index in [1.807, 2.05) is 6.92 Å². The van der Waals surface area contributed by atoms with E-state index in [1.165, 1.54) is 16.4 Å². The summed E-state index contributed by atoms with van der Waals surface area (Å²) < 4.78 is 26.6. The normalized spacial score (nSPS) is 20.8. The SMILES string of the molecule is C[C@@H]1CCCCN1S(=O)(=O)c1ccc(Cl)cc1[N+](=O)[O-]. The number of halogens is 1. The van der Waals surface area contributed by atoms with Crippen molar-refractivity contribution in [1.82, 2.24) is 4.31 Å². The van der Waals surface area contributed by atoms with Crippen LogP contribution in [-0.2, 0) is 10.0 Å². The predicted octanol–water partition coefficient (Wildman–Crippen LogP) is 2.81. The Morgan fingerprint density at radius 3 is 2.70 bits per heavy atom. The Morgan fingerprint density at radius 1 is 1.40 bits per heavy atom. The molecule has 0 amide bonds. The van der Waals surface area contributed by atoms with Gasteiger partial charge in [0.1, 0.15) is 0 Å². The first-order valence-corrected chi connectivity index (χ1v) is 8.11. The number of hydrogen-bond acceptors (Lipinski definition) is 4. The first-order valence-electron chi connectivity index (χ1n) is 6.30. The minimum absolute atomic E-state index is 0.141. The van der Waals surface area contributed by atoms with E-state index in [1.54, 1.807) is 0 Å². The third-order valence-electron chi connectivity index (χ3n) is 3.45. The summed E-state index contributed by atoms with van der Waals surface area (Å²) in [6.07, 6.45) is 2.50. The second-order valence-electron chi connectivity index (χ2n) is 4.83. The smallest absolute Gasteiger partial charge is 0.258 e. The van der Waals surface area contributed by atoms with Gasteiger partial charge in [0, 0.05) is 23.7 Å². The molecule has 8 heteroatoms. The molecular weight excluding hydrogens is 304 g/mol. The van der Waals surface area contributed by atoms with Crippen LogP contribution in [0.1, 0.15) is 26.2 Å². The number of hydrogen-bond donors (Lipinski definition) is 0. The number of nitrogens with zero attached hydrogens (tertiary/aromatic N) is 2. The van der Waals surface area contributed by atoms with E-state index >= 15 is 0 Å². The van der Waals surface area contributed by atoms with Gasteiger partial charge >= 0.3 is 0 Å². The van der Waals surface area contributed by atoms with E-state index in [9.17, 15) is 18.5 Å². The number of benzene rings is 1. The highest BCUT2D eigenvalue weighted by Crippen LogP contribution is 2.32. The van der Waals surface area contributed by atoms with Gasteiger partial charge in [-0.05, 0) is 31.9 Å². The fourth-order valence-corrected chi connectivity index (χ4v) is 4.41. The Balaban J connectivity index is 2.51. The Bertz CT molecular complexity index is 632.